The van der Waals surface area contributed by atoms with E-state index in [4.69, 9.17) is 10.5 Å². The molecule has 11 nitrogen and oxygen atoms in total. The molecule has 0 bridgehead atoms. The molecule has 1 saturated heterocycles. The Kier molecular flexibility index (Phi) is 13.9. The van der Waals surface area contributed by atoms with Gasteiger partial charge >= 0.3 is 0 Å². The van der Waals surface area contributed by atoms with E-state index in [1.165, 1.54) is 16.2 Å². The highest BCUT2D eigenvalue weighted by atomic mass is 32.1. The summed E-state index contributed by atoms with van der Waals surface area (Å²) in [6.07, 6.45) is 7.10. The number of benzene rings is 1. The summed E-state index contributed by atoms with van der Waals surface area (Å²) in [4.78, 5) is 59.3. The van der Waals surface area contributed by atoms with Gasteiger partial charge in [0, 0.05) is 31.5 Å². The van der Waals surface area contributed by atoms with Crippen molar-refractivity contribution in [2.45, 2.75) is 129 Å². The third-order valence-electron chi connectivity index (χ3n) is 9.43. The zero-order chi connectivity index (χ0) is 36.5. The van der Waals surface area contributed by atoms with Crippen LogP contribution < -0.4 is 21.1 Å². The molecule has 276 valence electrons. The van der Waals surface area contributed by atoms with E-state index in [1.807, 2.05) is 25.1 Å². The van der Waals surface area contributed by atoms with E-state index in [1.54, 1.807) is 26.3 Å². The Bertz CT molecular complexity index is 1490. The second-order valence-electron chi connectivity index (χ2n) is 14.8. The van der Waals surface area contributed by atoms with Crippen LogP contribution in [0.4, 0.5) is 4.39 Å². The molecule has 2 aromatic rings. The Morgan fingerprint density at radius 1 is 1.12 bits per heavy atom. The lowest BCUT2D eigenvalue weighted by molar-refractivity contribution is -0.145. The van der Waals surface area contributed by atoms with Gasteiger partial charge in [-0.15, -0.1) is 11.3 Å². The molecule has 13 heteroatoms. The number of nitrogens with zero attached hydrogens (tertiary/aromatic N) is 2. The maximum Gasteiger partial charge on any atom is 0.258 e. The first-order valence-electron chi connectivity index (χ1n) is 17.9. The van der Waals surface area contributed by atoms with E-state index in [2.05, 4.69) is 15.6 Å². The molecule has 2 aliphatic rings. The minimum Gasteiger partial charge on any atom is -0.485 e. The molecule has 0 radical (unpaired) electrons. The maximum atomic E-state index is 14.5. The smallest absolute Gasteiger partial charge is 0.258 e. The molecule has 0 spiro atoms. The van der Waals surface area contributed by atoms with E-state index >= 15 is 0 Å². The molecular formula is C37H54FN5O6S. The van der Waals surface area contributed by atoms with E-state index in [0.717, 1.165) is 67.6 Å². The van der Waals surface area contributed by atoms with Crippen LogP contribution in [-0.2, 0) is 25.7 Å². The van der Waals surface area contributed by atoms with Crippen molar-refractivity contribution < 1.29 is 33.4 Å². The fourth-order valence-corrected chi connectivity index (χ4v) is 6.96. The van der Waals surface area contributed by atoms with Gasteiger partial charge in [0.05, 0.1) is 22.2 Å². The number of unbranched alkanes of at least 4 members (excludes halogenated alkanes) is 6. The van der Waals surface area contributed by atoms with Crippen molar-refractivity contribution in [3.8, 4) is 16.2 Å². The second kappa shape index (κ2) is 17.7. The van der Waals surface area contributed by atoms with E-state index in [-0.39, 0.29) is 44.7 Å². The van der Waals surface area contributed by atoms with Crippen LogP contribution in [-0.4, -0.2) is 82.0 Å². The number of nitrogens with two attached hydrogens (primary N) is 1. The molecule has 4 rings (SSSR count). The number of Topliss-reactive ketones (excluding diaryl/α,β-unsaturated/α-hetero) is 1. The number of halogens is 1. The molecule has 1 aromatic carbocycles. The highest BCUT2D eigenvalue weighted by molar-refractivity contribution is 7.13. The van der Waals surface area contributed by atoms with E-state index < -0.39 is 47.0 Å². The average Bonchev–Trinajstić information content (AvgIpc) is 3.48. The topological polar surface area (TPSA) is 164 Å². The molecule has 1 saturated carbocycles. The quantitative estimate of drug-likeness (QED) is 0.151. The SMILES string of the molecule is Cc1ncsc1-c1ccc(CNC(=O)C2C[C@@H](O)CN2C(=O)[C@@H](NC(=O)C2(F)CC2)C(C)(C)C)c(OCC(=O)CCCCCCCCCN)c1. The zero-order valence-corrected chi connectivity index (χ0v) is 30.7. The normalized spacial score (nSPS) is 18.8. The summed E-state index contributed by atoms with van der Waals surface area (Å²) in [6.45, 7) is 7.77. The molecule has 1 unspecified atom stereocenters. The predicted octanol–water partition coefficient (Wildman–Crippen LogP) is 4.76. The molecular weight excluding hydrogens is 662 g/mol. The first-order valence-corrected chi connectivity index (χ1v) is 18.8. The summed E-state index contributed by atoms with van der Waals surface area (Å²) in [7, 11) is 0. The number of aliphatic hydroxyl groups is 1. The van der Waals surface area contributed by atoms with Crippen LogP contribution in [0.5, 0.6) is 5.75 Å². The lowest BCUT2D eigenvalue weighted by atomic mass is 9.85. The number of ketones is 1. The number of aryl methyl sites for hydroxylation is 1. The third kappa shape index (κ3) is 10.8. The van der Waals surface area contributed by atoms with Gasteiger partial charge in [0.1, 0.15) is 24.4 Å². The van der Waals surface area contributed by atoms with Crippen LogP contribution in [0.1, 0.15) is 103 Å². The number of ether oxygens (including phenoxy) is 1. The average molecular weight is 716 g/mol. The number of hydrogen-bond donors (Lipinski definition) is 4. The standard InChI is InChI=1S/C37H54FN5O6S/c1-24-31(50-23-41-24)25-13-14-26(30(18-25)49-22-27(44)12-10-8-6-5-7-9-11-17-39)20-40-33(46)29-19-28(45)21-43(29)34(47)32(36(2,3)4)42-35(48)37(38)15-16-37/h13-14,18,23,28-29,32,45H,5-12,15-17,19-22,39H2,1-4H3,(H,40,46)(H,42,48)/t28-,29?,32-/m1/s1. The second-order valence-corrected chi connectivity index (χ2v) is 15.6. The highest BCUT2D eigenvalue weighted by Crippen LogP contribution is 2.40. The van der Waals surface area contributed by atoms with Crippen LogP contribution in [0.2, 0.25) is 0 Å². The first-order chi connectivity index (χ1) is 23.7. The van der Waals surface area contributed by atoms with E-state index in [0.29, 0.717) is 17.7 Å². The summed E-state index contributed by atoms with van der Waals surface area (Å²) < 4.78 is 20.6. The Balaban J connectivity index is 1.40. The molecule has 2 heterocycles. The molecule has 3 amide bonds. The number of likely N-dealkylation sites (tertiary alicyclic amines) is 1. The molecule has 5 N–H and O–H groups in total. The van der Waals surface area contributed by atoms with Crippen molar-refractivity contribution in [1.82, 2.24) is 20.5 Å². The van der Waals surface area contributed by atoms with Crippen LogP contribution >= 0.6 is 11.3 Å². The molecule has 1 aromatic heterocycles. The Hall–Kier alpha value is -3.42. The van der Waals surface area contributed by atoms with Gasteiger partial charge in [0.25, 0.3) is 5.91 Å². The number of nitrogens with one attached hydrogen (secondary N) is 2. The van der Waals surface area contributed by atoms with Gasteiger partial charge in [-0.3, -0.25) is 19.2 Å². The Morgan fingerprint density at radius 2 is 1.80 bits per heavy atom. The number of β-amino-alcohol motifs (C(OH)–C–C–N with tert-alkyl or cyclic N) is 1. The van der Waals surface area contributed by atoms with E-state index in [9.17, 15) is 28.7 Å². The number of carbonyl (C=O) groups is 4. The predicted molar refractivity (Wildman–Crippen MR) is 191 cm³/mol. The van der Waals surface area contributed by atoms with Crippen LogP contribution in [0.3, 0.4) is 0 Å². The van der Waals surface area contributed by atoms with Gasteiger partial charge in [-0.25, -0.2) is 9.37 Å². The van der Waals surface area contributed by atoms with Crippen molar-refractivity contribution >= 4 is 34.8 Å². The van der Waals surface area contributed by atoms with Gasteiger partial charge in [0.2, 0.25) is 11.8 Å². The fourth-order valence-electron chi connectivity index (χ4n) is 6.15. The minimum atomic E-state index is -1.96. The summed E-state index contributed by atoms with van der Waals surface area (Å²) in [5.41, 5.74) is 6.97. The summed E-state index contributed by atoms with van der Waals surface area (Å²) in [5, 5.41) is 16.0. The van der Waals surface area contributed by atoms with Gasteiger partial charge in [-0.2, -0.15) is 0 Å². The van der Waals surface area contributed by atoms with Gasteiger partial charge in [-0.05, 0) is 56.2 Å². The minimum absolute atomic E-state index is 0.00236. The van der Waals surface area contributed by atoms with Gasteiger partial charge in [0.15, 0.2) is 11.5 Å². The van der Waals surface area contributed by atoms with Crippen molar-refractivity contribution in [2.75, 3.05) is 19.7 Å². The lowest BCUT2D eigenvalue weighted by Crippen LogP contribution is -2.59. The summed E-state index contributed by atoms with van der Waals surface area (Å²) in [6, 6.07) is 3.50. The summed E-state index contributed by atoms with van der Waals surface area (Å²) in [5.74, 6) is -1.41. The molecule has 2 fully saturated rings. The number of alkyl halides is 1. The zero-order valence-electron chi connectivity index (χ0n) is 29.9. The number of thiazole rings is 1. The van der Waals surface area contributed by atoms with Crippen molar-refractivity contribution in [1.29, 1.82) is 0 Å². The molecule has 50 heavy (non-hydrogen) atoms. The number of aliphatic hydroxyl groups excluding tert-OH is 1. The van der Waals surface area contributed by atoms with Crippen molar-refractivity contribution in [2.24, 2.45) is 11.1 Å². The van der Waals surface area contributed by atoms with Gasteiger partial charge < -0.3 is 31.1 Å². The number of rotatable bonds is 19. The number of aromatic nitrogens is 1. The maximum absolute atomic E-state index is 14.5. The third-order valence-corrected chi connectivity index (χ3v) is 10.4. The fraction of sp³-hybridized carbons (Fsp3) is 0.649. The molecule has 3 atom stereocenters. The number of hydrogen-bond acceptors (Lipinski definition) is 9. The Labute approximate surface area is 298 Å². The van der Waals surface area contributed by atoms with Crippen molar-refractivity contribution in [3.05, 3.63) is 35.0 Å². The summed E-state index contributed by atoms with van der Waals surface area (Å²) >= 11 is 1.50. The number of amides is 3. The van der Waals surface area contributed by atoms with Crippen LogP contribution in [0.15, 0.2) is 23.7 Å². The van der Waals surface area contributed by atoms with Crippen LogP contribution in [0, 0.1) is 12.3 Å². The molecule has 1 aliphatic carbocycles. The monoisotopic (exact) mass is 715 g/mol. The highest BCUT2D eigenvalue weighted by Gasteiger charge is 2.53. The number of carbonyl (C=O) groups excluding carboxylic acids is 4. The van der Waals surface area contributed by atoms with Crippen LogP contribution in [0.25, 0.3) is 10.4 Å². The largest absolute Gasteiger partial charge is 0.485 e. The Morgan fingerprint density at radius 3 is 2.42 bits per heavy atom. The molecule has 1 aliphatic heterocycles. The van der Waals surface area contributed by atoms with Crippen molar-refractivity contribution in [3.63, 3.8) is 0 Å². The first kappa shape index (κ1) is 39.4. The van der Waals surface area contributed by atoms with Gasteiger partial charge in [-0.1, -0.05) is 65.0 Å². The lowest BCUT2D eigenvalue weighted by Gasteiger charge is -2.35.